The Hall–Kier alpha value is -1.80. The fourth-order valence-corrected chi connectivity index (χ4v) is 4.87. The van der Waals surface area contributed by atoms with Crippen LogP contribution in [-0.2, 0) is 14.6 Å². The molecule has 1 aromatic carbocycles. The Morgan fingerprint density at radius 3 is 2.83 bits per heavy atom. The molecule has 2 aliphatic heterocycles. The van der Waals surface area contributed by atoms with Crippen LogP contribution in [0.2, 0.25) is 0 Å². The van der Waals surface area contributed by atoms with Gasteiger partial charge in [0, 0.05) is 30.8 Å². The van der Waals surface area contributed by atoms with Gasteiger partial charge in [-0.25, -0.2) is 8.42 Å². The monoisotopic (exact) mass is 354 g/mol. The third-order valence-electron chi connectivity index (χ3n) is 4.41. The molecular formula is C16H22N2O5S. The summed E-state index contributed by atoms with van der Waals surface area (Å²) in [4.78, 5) is 14.2. The number of hydrogen-bond acceptors (Lipinski definition) is 6. The molecule has 0 radical (unpaired) electrons. The number of nitrogens with zero attached hydrogens (tertiary/aromatic N) is 1. The van der Waals surface area contributed by atoms with Gasteiger partial charge in [-0.1, -0.05) is 6.92 Å². The number of nitrogens with one attached hydrogen (secondary N) is 1. The van der Waals surface area contributed by atoms with E-state index in [-0.39, 0.29) is 30.2 Å². The van der Waals surface area contributed by atoms with Crippen molar-refractivity contribution in [1.82, 2.24) is 4.90 Å². The van der Waals surface area contributed by atoms with Crippen molar-refractivity contribution in [3.63, 3.8) is 0 Å². The molecule has 0 aromatic heterocycles. The van der Waals surface area contributed by atoms with Crippen molar-refractivity contribution in [2.75, 3.05) is 36.7 Å². The van der Waals surface area contributed by atoms with E-state index < -0.39 is 9.84 Å². The number of hydrogen-bond donors (Lipinski definition) is 1. The van der Waals surface area contributed by atoms with E-state index in [1.54, 1.807) is 18.2 Å². The molecule has 2 aliphatic rings. The largest absolute Gasteiger partial charge is 0.454 e. The number of benzene rings is 1. The van der Waals surface area contributed by atoms with Gasteiger partial charge in [0.1, 0.15) is 0 Å². The van der Waals surface area contributed by atoms with Crippen molar-refractivity contribution in [3.05, 3.63) is 18.2 Å². The first-order valence-corrected chi connectivity index (χ1v) is 9.93. The number of carbonyl (C=O) groups excluding carboxylic acids is 1. The van der Waals surface area contributed by atoms with Crippen LogP contribution < -0.4 is 14.8 Å². The zero-order valence-electron chi connectivity index (χ0n) is 13.7. The molecule has 24 heavy (non-hydrogen) atoms. The van der Waals surface area contributed by atoms with Crippen LogP contribution in [0.25, 0.3) is 0 Å². The number of rotatable bonds is 6. The highest BCUT2D eigenvalue weighted by molar-refractivity contribution is 7.91. The number of carbonyl (C=O) groups is 1. The third-order valence-corrected chi connectivity index (χ3v) is 6.16. The van der Waals surface area contributed by atoms with Crippen LogP contribution in [0.1, 0.15) is 19.8 Å². The van der Waals surface area contributed by atoms with E-state index in [1.807, 2.05) is 6.92 Å². The van der Waals surface area contributed by atoms with Crippen LogP contribution in [0.15, 0.2) is 18.2 Å². The van der Waals surface area contributed by atoms with Crippen LogP contribution in [0.4, 0.5) is 5.69 Å². The summed E-state index contributed by atoms with van der Waals surface area (Å²) in [5.41, 5.74) is 0.663. The molecule has 132 valence electrons. The van der Waals surface area contributed by atoms with Gasteiger partial charge in [-0.05, 0) is 25.1 Å². The second kappa shape index (κ2) is 6.98. The Bertz CT molecular complexity index is 719. The normalized spacial score (nSPS) is 21.2. The summed E-state index contributed by atoms with van der Waals surface area (Å²) >= 11 is 0. The second-order valence-corrected chi connectivity index (χ2v) is 8.28. The number of fused-ring (bicyclic) bond motifs is 1. The highest BCUT2D eigenvalue weighted by Gasteiger charge is 2.31. The van der Waals surface area contributed by atoms with Crippen LogP contribution in [0, 0.1) is 0 Å². The Labute approximate surface area is 141 Å². The number of ether oxygens (including phenoxy) is 2. The zero-order chi connectivity index (χ0) is 17.2. The minimum atomic E-state index is -2.91. The van der Waals surface area contributed by atoms with Crippen molar-refractivity contribution < 1.29 is 22.7 Å². The molecule has 0 bridgehead atoms. The zero-order valence-corrected chi connectivity index (χ0v) is 14.5. The first-order valence-electron chi connectivity index (χ1n) is 8.11. The maximum atomic E-state index is 12.1. The molecule has 1 aromatic rings. The molecule has 0 spiro atoms. The highest BCUT2D eigenvalue weighted by Crippen LogP contribution is 2.34. The van der Waals surface area contributed by atoms with Gasteiger partial charge in [-0.2, -0.15) is 0 Å². The van der Waals surface area contributed by atoms with Crippen molar-refractivity contribution in [2.45, 2.75) is 25.8 Å². The van der Waals surface area contributed by atoms with Crippen molar-refractivity contribution in [1.29, 1.82) is 0 Å². The lowest BCUT2D eigenvalue weighted by Gasteiger charge is -2.26. The van der Waals surface area contributed by atoms with Gasteiger partial charge in [0.15, 0.2) is 21.3 Å². The Kier molecular flexibility index (Phi) is 4.96. The number of anilines is 1. The molecule has 0 aliphatic carbocycles. The van der Waals surface area contributed by atoms with Gasteiger partial charge >= 0.3 is 0 Å². The summed E-state index contributed by atoms with van der Waals surface area (Å²) in [5.74, 6) is 1.64. The van der Waals surface area contributed by atoms with Crippen LogP contribution >= 0.6 is 0 Å². The molecule has 3 rings (SSSR count). The molecule has 1 saturated heterocycles. The molecule has 1 atom stereocenters. The average molecular weight is 354 g/mol. The summed E-state index contributed by atoms with van der Waals surface area (Å²) in [7, 11) is -2.91. The average Bonchev–Trinajstić information content (AvgIpc) is 3.13. The molecule has 0 saturated carbocycles. The molecule has 1 unspecified atom stereocenters. The van der Waals surface area contributed by atoms with Crippen LogP contribution in [-0.4, -0.2) is 56.7 Å². The van der Waals surface area contributed by atoms with Crippen molar-refractivity contribution in [2.24, 2.45) is 0 Å². The van der Waals surface area contributed by atoms with Gasteiger partial charge in [0.05, 0.1) is 11.5 Å². The lowest BCUT2D eigenvalue weighted by Crippen LogP contribution is -2.38. The van der Waals surface area contributed by atoms with E-state index in [2.05, 4.69) is 10.2 Å². The molecule has 1 N–H and O–H groups in total. The predicted octanol–water partition coefficient (Wildman–Crippen LogP) is 1.25. The van der Waals surface area contributed by atoms with Crippen LogP contribution in [0.3, 0.4) is 0 Å². The topological polar surface area (TPSA) is 84.9 Å². The number of amides is 1. The van der Waals surface area contributed by atoms with E-state index in [4.69, 9.17) is 9.47 Å². The predicted molar refractivity (Wildman–Crippen MR) is 90.1 cm³/mol. The molecule has 1 fully saturated rings. The maximum absolute atomic E-state index is 12.1. The maximum Gasteiger partial charge on any atom is 0.231 e. The Morgan fingerprint density at radius 2 is 2.12 bits per heavy atom. The Balaban J connectivity index is 1.51. The molecule has 8 heteroatoms. The fraction of sp³-hybridized carbons (Fsp3) is 0.562. The highest BCUT2D eigenvalue weighted by atomic mass is 32.2. The van der Waals surface area contributed by atoms with Gasteiger partial charge in [-0.3, -0.25) is 9.69 Å². The minimum absolute atomic E-state index is 0.0262. The lowest BCUT2D eigenvalue weighted by atomic mass is 10.2. The quantitative estimate of drug-likeness (QED) is 0.828. The van der Waals surface area contributed by atoms with E-state index >= 15 is 0 Å². The van der Waals surface area contributed by atoms with E-state index in [0.29, 0.717) is 36.6 Å². The lowest BCUT2D eigenvalue weighted by molar-refractivity contribution is -0.116. The first kappa shape index (κ1) is 17.0. The Morgan fingerprint density at radius 1 is 1.33 bits per heavy atom. The summed E-state index contributed by atoms with van der Waals surface area (Å²) in [6.45, 7) is 3.47. The summed E-state index contributed by atoms with van der Waals surface area (Å²) in [5, 5.41) is 2.84. The molecular weight excluding hydrogens is 332 g/mol. The van der Waals surface area contributed by atoms with Gasteiger partial charge in [-0.15, -0.1) is 0 Å². The van der Waals surface area contributed by atoms with Gasteiger partial charge < -0.3 is 14.8 Å². The van der Waals surface area contributed by atoms with E-state index in [1.165, 1.54) is 0 Å². The number of sulfone groups is 1. The van der Waals surface area contributed by atoms with Crippen molar-refractivity contribution >= 4 is 21.4 Å². The summed E-state index contributed by atoms with van der Waals surface area (Å²) < 4.78 is 33.7. The molecule has 2 heterocycles. The van der Waals surface area contributed by atoms with Gasteiger partial charge in [0.2, 0.25) is 12.7 Å². The molecule has 7 nitrogen and oxygen atoms in total. The van der Waals surface area contributed by atoms with Crippen molar-refractivity contribution in [3.8, 4) is 11.5 Å². The van der Waals surface area contributed by atoms with Crippen LogP contribution in [0.5, 0.6) is 11.5 Å². The molecule has 1 amide bonds. The summed E-state index contributed by atoms with van der Waals surface area (Å²) in [6, 6.07) is 5.30. The minimum Gasteiger partial charge on any atom is -0.454 e. The SMILES string of the molecule is CCN(CCC(=O)Nc1ccc2c(c1)OCO2)C1CCS(=O)(=O)C1. The van der Waals surface area contributed by atoms with Gasteiger partial charge in [0.25, 0.3) is 0 Å². The smallest absolute Gasteiger partial charge is 0.231 e. The fourth-order valence-electron chi connectivity index (χ4n) is 3.11. The summed E-state index contributed by atoms with van der Waals surface area (Å²) in [6.07, 6.45) is 0.971. The standard InChI is InChI=1S/C16H22N2O5S/c1-2-18(13-6-8-24(20,21)10-13)7-5-16(19)17-12-3-4-14-15(9-12)23-11-22-14/h3-4,9,13H,2,5-8,10-11H2,1H3,(H,17,19). The van der Waals surface area contributed by atoms with E-state index in [9.17, 15) is 13.2 Å². The third kappa shape index (κ3) is 3.99. The second-order valence-electron chi connectivity index (χ2n) is 6.05. The first-order chi connectivity index (χ1) is 11.5. The van der Waals surface area contributed by atoms with E-state index in [0.717, 1.165) is 6.54 Å².